The smallest absolute Gasteiger partial charge is 0.289 e. The molecule has 150 valence electrons. The van der Waals surface area contributed by atoms with E-state index in [1.165, 1.54) is 6.26 Å². The van der Waals surface area contributed by atoms with E-state index >= 15 is 0 Å². The molecule has 9 heteroatoms. The van der Waals surface area contributed by atoms with Gasteiger partial charge in [0.1, 0.15) is 5.82 Å². The fraction of sp³-hybridized carbons (Fsp3) is 0.150. The van der Waals surface area contributed by atoms with E-state index in [1.807, 2.05) is 6.07 Å². The topological polar surface area (TPSA) is 79.6 Å². The summed E-state index contributed by atoms with van der Waals surface area (Å²) in [5.41, 5.74) is 2.23. The number of carbonyl (C=O) groups excluding carboxylic acids is 1. The summed E-state index contributed by atoms with van der Waals surface area (Å²) >= 11 is 5.69. The van der Waals surface area contributed by atoms with Gasteiger partial charge in [0.05, 0.1) is 16.2 Å². The second-order valence-corrected chi connectivity index (χ2v) is 8.71. The average molecular weight is 435 g/mol. The Morgan fingerprint density at radius 2 is 1.97 bits per heavy atom. The van der Waals surface area contributed by atoms with E-state index in [2.05, 4.69) is 4.72 Å². The molecule has 0 aliphatic carbocycles. The molecule has 0 unspecified atom stereocenters. The van der Waals surface area contributed by atoms with Crippen LogP contribution in [0.3, 0.4) is 0 Å². The van der Waals surface area contributed by atoms with Crippen molar-refractivity contribution >= 4 is 33.2 Å². The summed E-state index contributed by atoms with van der Waals surface area (Å²) in [7, 11) is -3.94. The minimum absolute atomic E-state index is 0.142. The molecule has 3 aromatic rings. The molecule has 1 aliphatic rings. The quantitative estimate of drug-likeness (QED) is 0.671. The third kappa shape index (κ3) is 3.99. The van der Waals surface area contributed by atoms with Crippen molar-refractivity contribution in [2.75, 3.05) is 11.3 Å². The third-order valence-electron chi connectivity index (χ3n) is 4.69. The fourth-order valence-electron chi connectivity index (χ4n) is 3.21. The number of hydrogen-bond donors (Lipinski definition) is 1. The van der Waals surface area contributed by atoms with Gasteiger partial charge < -0.3 is 9.32 Å². The number of halogens is 2. The van der Waals surface area contributed by atoms with E-state index in [0.717, 1.165) is 29.3 Å². The Kier molecular flexibility index (Phi) is 5.06. The molecule has 0 saturated heterocycles. The molecule has 0 spiro atoms. The summed E-state index contributed by atoms with van der Waals surface area (Å²) in [6.45, 7) is 0.887. The number of hydrogen-bond acceptors (Lipinski definition) is 4. The molecule has 0 radical (unpaired) electrons. The van der Waals surface area contributed by atoms with Crippen molar-refractivity contribution in [3.05, 3.63) is 82.5 Å². The Hall–Kier alpha value is -2.84. The van der Waals surface area contributed by atoms with Crippen LogP contribution in [-0.4, -0.2) is 25.8 Å². The first-order chi connectivity index (χ1) is 13.8. The minimum atomic E-state index is -3.94. The van der Waals surface area contributed by atoms with Crippen LogP contribution in [0.1, 0.15) is 21.7 Å². The number of fused-ring (bicyclic) bond motifs is 1. The number of sulfonamides is 1. The summed E-state index contributed by atoms with van der Waals surface area (Å²) in [5.74, 6) is -0.646. The summed E-state index contributed by atoms with van der Waals surface area (Å²) in [6.07, 6.45) is 2.10. The zero-order chi connectivity index (χ0) is 20.6. The molecule has 1 aromatic heterocycles. The molecule has 4 rings (SSSR count). The van der Waals surface area contributed by atoms with Gasteiger partial charge in [-0.15, -0.1) is 0 Å². The van der Waals surface area contributed by atoms with Crippen LogP contribution >= 0.6 is 11.6 Å². The normalized spacial score (nSPS) is 13.8. The van der Waals surface area contributed by atoms with Gasteiger partial charge in [-0.05, 0) is 60.0 Å². The fourth-order valence-corrected chi connectivity index (χ4v) is 4.53. The van der Waals surface area contributed by atoms with Crippen molar-refractivity contribution in [3.63, 3.8) is 0 Å². The molecular formula is C20H16ClFN2O4S. The highest BCUT2D eigenvalue weighted by Gasteiger charge is 2.24. The van der Waals surface area contributed by atoms with E-state index < -0.39 is 15.8 Å². The minimum Gasteiger partial charge on any atom is -0.459 e. The lowest BCUT2D eigenvalue weighted by molar-refractivity contribution is 0.0702. The SMILES string of the molecule is O=C(c1ccco1)N1CCc2ccc(NS(=O)(=O)c3ccc(F)c(Cl)c3)cc2C1. The average Bonchev–Trinajstić information content (AvgIpc) is 3.23. The second kappa shape index (κ2) is 7.53. The van der Waals surface area contributed by atoms with Gasteiger partial charge in [-0.25, -0.2) is 12.8 Å². The maximum Gasteiger partial charge on any atom is 0.289 e. The number of anilines is 1. The summed E-state index contributed by atoms with van der Waals surface area (Å²) < 4.78 is 46.1. The van der Waals surface area contributed by atoms with E-state index in [-0.39, 0.29) is 21.6 Å². The molecule has 1 amide bonds. The predicted octanol–water partition coefficient (Wildman–Crippen LogP) is 4.07. The van der Waals surface area contributed by atoms with Gasteiger partial charge in [-0.2, -0.15) is 0 Å². The van der Waals surface area contributed by atoms with Gasteiger partial charge in [0, 0.05) is 18.8 Å². The Morgan fingerprint density at radius 3 is 2.69 bits per heavy atom. The number of benzene rings is 2. The van der Waals surface area contributed by atoms with Crippen LogP contribution in [-0.2, 0) is 23.0 Å². The molecule has 0 atom stereocenters. The monoisotopic (exact) mass is 434 g/mol. The Morgan fingerprint density at radius 1 is 1.14 bits per heavy atom. The van der Waals surface area contributed by atoms with Crippen LogP contribution in [0.4, 0.5) is 10.1 Å². The van der Waals surface area contributed by atoms with Crippen LogP contribution in [0, 0.1) is 5.82 Å². The van der Waals surface area contributed by atoms with E-state index in [1.54, 1.807) is 29.2 Å². The first kappa shape index (κ1) is 19.5. The molecule has 29 heavy (non-hydrogen) atoms. The Balaban J connectivity index is 1.56. The zero-order valence-corrected chi connectivity index (χ0v) is 16.6. The maximum absolute atomic E-state index is 13.3. The molecule has 0 saturated carbocycles. The Bertz CT molecular complexity index is 1180. The summed E-state index contributed by atoms with van der Waals surface area (Å²) in [6, 6.07) is 11.6. The highest BCUT2D eigenvalue weighted by atomic mass is 35.5. The number of rotatable bonds is 4. The van der Waals surface area contributed by atoms with Crippen molar-refractivity contribution in [1.82, 2.24) is 4.90 Å². The van der Waals surface area contributed by atoms with Crippen molar-refractivity contribution in [3.8, 4) is 0 Å². The lowest BCUT2D eigenvalue weighted by atomic mass is 9.99. The predicted molar refractivity (Wildman–Crippen MR) is 106 cm³/mol. The first-order valence-electron chi connectivity index (χ1n) is 8.76. The molecule has 2 heterocycles. The molecule has 0 fully saturated rings. The lowest BCUT2D eigenvalue weighted by Gasteiger charge is -2.28. The molecule has 0 bridgehead atoms. The lowest BCUT2D eigenvalue weighted by Crippen LogP contribution is -2.35. The molecular weight excluding hydrogens is 419 g/mol. The van der Waals surface area contributed by atoms with E-state index in [4.69, 9.17) is 16.0 Å². The van der Waals surface area contributed by atoms with Crippen molar-refractivity contribution in [1.29, 1.82) is 0 Å². The van der Waals surface area contributed by atoms with Gasteiger partial charge in [0.2, 0.25) is 0 Å². The number of furan rings is 1. The summed E-state index contributed by atoms with van der Waals surface area (Å²) in [5, 5.41) is -0.273. The van der Waals surface area contributed by atoms with Crippen LogP contribution in [0.15, 0.2) is 64.1 Å². The number of amides is 1. The summed E-state index contributed by atoms with van der Waals surface area (Å²) in [4.78, 5) is 14.0. The molecule has 1 N–H and O–H groups in total. The van der Waals surface area contributed by atoms with Gasteiger partial charge in [-0.3, -0.25) is 9.52 Å². The van der Waals surface area contributed by atoms with Crippen LogP contribution in [0.25, 0.3) is 0 Å². The Labute approximate surface area is 171 Å². The van der Waals surface area contributed by atoms with Gasteiger partial charge in [0.15, 0.2) is 5.76 Å². The van der Waals surface area contributed by atoms with E-state index in [0.29, 0.717) is 25.2 Å². The largest absolute Gasteiger partial charge is 0.459 e. The number of nitrogens with one attached hydrogen (secondary N) is 1. The van der Waals surface area contributed by atoms with Gasteiger partial charge >= 0.3 is 0 Å². The highest BCUT2D eigenvalue weighted by molar-refractivity contribution is 7.92. The number of nitrogens with zero attached hydrogens (tertiary/aromatic N) is 1. The zero-order valence-electron chi connectivity index (χ0n) is 15.1. The van der Waals surface area contributed by atoms with Crippen molar-refractivity contribution in [2.24, 2.45) is 0 Å². The molecule has 6 nitrogen and oxygen atoms in total. The second-order valence-electron chi connectivity index (χ2n) is 6.62. The van der Waals surface area contributed by atoms with Crippen LogP contribution in [0.2, 0.25) is 5.02 Å². The third-order valence-corrected chi connectivity index (χ3v) is 6.36. The van der Waals surface area contributed by atoms with Crippen LogP contribution < -0.4 is 4.72 Å². The highest BCUT2D eigenvalue weighted by Crippen LogP contribution is 2.26. The first-order valence-corrected chi connectivity index (χ1v) is 10.6. The van der Waals surface area contributed by atoms with Gasteiger partial charge in [-0.1, -0.05) is 17.7 Å². The van der Waals surface area contributed by atoms with Crippen molar-refractivity contribution in [2.45, 2.75) is 17.9 Å². The molecule has 2 aromatic carbocycles. The maximum atomic E-state index is 13.3. The van der Waals surface area contributed by atoms with Crippen LogP contribution in [0.5, 0.6) is 0 Å². The van der Waals surface area contributed by atoms with Gasteiger partial charge in [0.25, 0.3) is 15.9 Å². The number of carbonyl (C=O) groups is 1. The van der Waals surface area contributed by atoms with Crippen molar-refractivity contribution < 1.29 is 22.0 Å². The molecule has 1 aliphatic heterocycles. The standard InChI is InChI=1S/C20H16ClFN2O4S/c21-17-11-16(5-6-18(17)22)29(26,27)23-15-4-3-13-7-8-24(12-14(13)10-15)20(25)19-2-1-9-28-19/h1-6,9-11,23H,7-8,12H2. The van der Waals surface area contributed by atoms with E-state index in [9.17, 15) is 17.6 Å².